The predicted molar refractivity (Wildman–Crippen MR) is 144 cm³/mol. The second-order valence-electron chi connectivity index (χ2n) is 11.8. The molecule has 6 nitrogen and oxygen atoms in total. The van der Waals surface area contributed by atoms with Crippen LogP contribution in [0, 0.1) is 17.4 Å². The van der Waals surface area contributed by atoms with E-state index in [4.69, 9.17) is 23.4 Å². The van der Waals surface area contributed by atoms with Gasteiger partial charge in [0.1, 0.15) is 33.2 Å². The molecule has 1 saturated heterocycles. The highest BCUT2D eigenvalue weighted by molar-refractivity contribution is 6.83. The molecule has 0 radical (unpaired) electrons. The lowest BCUT2D eigenvalue weighted by molar-refractivity contribution is -0.113. The summed E-state index contributed by atoms with van der Waals surface area (Å²) in [5, 5.41) is 11.0. The first kappa shape index (κ1) is 31.5. The lowest BCUT2D eigenvalue weighted by atomic mass is 9.97. The van der Waals surface area contributed by atoms with Crippen LogP contribution in [0.3, 0.4) is 0 Å². The minimum Gasteiger partial charge on any atom is -0.403 e. The van der Waals surface area contributed by atoms with E-state index in [1.807, 2.05) is 13.0 Å². The van der Waals surface area contributed by atoms with Crippen LogP contribution in [0.1, 0.15) is 40.5 Å². The highest BCUT2D eigenvalue weighted by Gasteiger charge is 2.51. The summed E-state index contributed by atoms with van der Waals surface area (Å²) in [6.07, 6.45) is 1.67. The molecule has 1 fully saturated rings. The van der Waals surface area contributed by atoms with E-state index in [1.54, 1.807) is 7.11 Å². The Morgan fingerprint density at radius 1 is 1.09 bits per heavy atom. The minimum atomic E-state index is -1.98. The van der Waals surface area contributed by atoms with E-state index in [2.05, 4.69) is 71.5 Å². The van der Waals surface area contributed by atoms with E-state index in [0.717, 1.165) is 0 Å². The quantitative estimate of drug-likeness (QED) is 0.0829. The molecule has 0 saturated carbocycles. The van der Waals surface area contributed by atoms with Crippen molar-refractivity contribution in [2.45, 2.75) is 109 Å². The van der Waals surface area contributed by atoms with E-state index in [-0.39, 0.29) is 42.2 Å². The van der Waals surface area contributed by atoms with Crippen molar-refractivity contribution in [2.24, 2.45) is 5.92 Å². The summed E-state index contributed by atoms with van der Waals surface area (Å²) in [6, 6.07) is 0. The molecule has 34 heavy (non-hydrogen) atoms. The average molecular weight is 515 g/mol. The smallest absolute Gasteiger partial charge is 0.193 e. The molecule has 6 atom stereocenters. The van der Waals surface area contributed by atoms with Gasteiger partial charge in [-0.2, -0.15) is 0 Å². The number of ether oxygens (including phenoxy) is 4. The van der Waals surface area contributed by atoms with Crippen molar-refractivity contribution in [3.05, 3.63) is 12.7 Å². The maximum absolute atomic E-state index is 10.9. The third-order valence-corrected chi connectivity index (χ3v) is 11.9. The second-order valence-corrected chi connectivity index (χ2v) is 21.3. The van der Waals surface area contributed by atoms with Gasteiger partial charge in [0.25, 0.3) is 0 Å². The monoisotopic (exact) mass is 514 g/mol. The zero-order valence-corrected chi connectivity index (χ0v) is 25.3. The summed E-state index contributed by atoms with van der Waals surface area (Å²) in [7, 11) is -1.87. The SMILES string of the molecule is C=C[C@@H](C)[C@H](OCOCCOC)[C@@H]1O[C@H]1[C@H](O)CC[C@H](C#C[Si](C)(C)C)O[Si](C)(C)C(C)(C)C. The van der Waals surface area contributed by atoms with Crippen LogP contribution < -0.4 is 0 Å². The number of epoxide rings is 1. The first-order chi connectivity index (χ1) is 15.6. The van der Waals surface area contributed by atoms with Crippen LogP contribution in [0.15, 0.2) is 12.7 Å². The van der Waals surface area contributed by atoms with Crippen molar-refractivity contribution in [1.29, 1.82) is 0 Å². The zero-order chi connectivity index (χ0) is 26.2. The first-order valence-electron chi connectivity index (χ1n) is 12.5. The van der Waals surface area contributed by atoms with Gasteiger partial charge in [0.15, 0.2) is 8.32 Å². The summed E-state index contributed by atoms with van der Waals surface area (Å²) in [6.45, 7) is 25.0. The second kappa shape index (κ2) is 13.7. The van der Waals surface area contributed by atoms with E-state index >= 15 is 0 Å². The molecule has 198 valence electrons. The minimum absolute atomic E-state index is 0.0745. The molecular formula is C26H50O6Si2. The van der Waals surface area contributed by atoms with Gasteiger partial charge >= 0.3 is 0 Å². The molecule has 1 heterocycles. The molecular weight excluding hydrogens is 464 g/mol. The molecule has 0 amide bonds. The molecule has 1 N–H and O–H groups in total. The van der Waals surface area contributed by atoms with Crippen LogP contribution in [0.2, 0.25) is 37.8 Å². The summed E-state index contributed by atoms with van der Waals surface area (Å²) in [5.41, 5.74) is 3.47. The van der Waals surface area contributed by atoms with E-state index < -0.39 is 22.5 Å². The number of aliphatic hydroxyl groups is 1. The van der Waals surface area contributed by atoms with Crippen LogP contribution in [0.25, 0.3) is 0 Å². The van der Waals surface area contributed by atoms with Crippen LogP contribution in [-0.4, -0.2) is 79.1 Å². The third-order valence-electron chi connectivity index (χ3n) is 6.51. The molecule has 1 rings (SSSR count). The fraction of sp³-hybridized carbons (Fsp3) is 0.846. The van der Waals surface area contributed by atoms with Crippen molar-refractivity contribution < 1.29 is 28.5 Å². The van der Waals surface area contributed by atoms with Gasteiger partial charge in [-0.15, -0.1) is 12.1 Å². The molecule has 0 aromatic heterocycles. The van der Waals surface area contributed by atoms with Gasteiger partial charge in [-0.05, 0) is 31.0 Å². The highest BCUT2D eigenvalue weighted by atomic mass is 28.4. The Morgan fingerprint density at radius 3 is 2.26 bits per heavy atom. The van der Waals surface area contributed by atoms with Gasteiger partial charge in [-0.1, -0.05) is 59.3 Å². The van der Waals surface area contributed by atoms with Gasteiger partial charge in [-0.3, -0.25) is 0 Å². The maximum Gasteiger partial charge on any atom is 0.193 e. The Balaban J connectivity index is 2.74. The van der Waals surface area contributed by atoms with Gasteiger partial charge in [0, 0.05) is 13.0 Å². The molecule has 0 aromatic carbocycles. The van der Waals surface area contributed by atoms with Gasteiger partial charge < -0.3 is 28.5 Å². The molecule has 0 unspecified atom stereocenters. The summed E-state index contributed by atoms with van der Waals surface area (Å²) in [4.78, 5) is 0. The van der Waals surface area contributed by atoms with Gasteiger partial charge in [0.05, 0.1) is 25.4 Å². The maximum atomic E-state index is 10.9. The van der Waals surface area contributed by atoms with Gasteiger partial charge in [0.2, 0.25) is 0 Å². The molecule has 1 aliphatic rings. The molecule has 0 aromatic rings. The fourth-order valence-corrected chi connectivity index (χ4v) is 5.03. The summed E-state index contributed by atoms with van der Waals surface area (Å²) < 4.78 is 28.9. The van der Waals surface area contributed by atoms with Gasteiger partial charge in [-0.25, -0.2) is 0 Å². The molecule has 1 aliphatic heterocycles. The largest absolute Gasteiger partial charge is 0.403 e. The standard InChI is InChI=1S/C26H50O6Si2/c1-12-20(2)23(30-19-29-17-16-28-6)25-24(31-25)22(27)14-13-21(15-18-33(7,8)9)32-34(10,11)26(3,4)5/h12,20-25,27H,1,13-14,16-17,19H2,2-11H3/t20-,21-,22-,23+,24+,25+/m1/s1. The van der Waals surface area contributed by atoms with Crippen LogP contribution in [0.5, 0.6) is 0 Å². The van der Waals surface area contributed by atoms with Crippen LogP contribution >= 0.6 is 0 Å². The highest BCUT2D eigenvalue weighted by Crippen LogP contribution is 2.39. The Bertz CT molecular complexity index is 673. The van der Waals surface area contributed by atoms with Crippen LogP contribution in [-0.2, 0) is 23.4 Å². The van der Waals surface area contributed by atoms with Crippen molar-refractivity contribution in [3.63, 3.8) is 0 Å². The normalized spacial score (nSPS) is 22.3. The van der Waals surface area contributed by atoms with Crippen molar-refractivity contribution in [2.75, 3.05) is 27.1 Å². The molecule has 0 spiro atoms. The van der Waals surface area contributed by atoms with E-state index in [9.17, 15) is 5.11 Å². The average Bonchev–Trinajstić information content (AvgIpc) is 3.51. The van der Waals surface area contributed by atoms with Crippen molar-refractivity contribution >= 4 is 16.4 Å². The number of rotatable bonds is 15. The number of aliphatic hydroxyl groups excluding tert-OH is 1. The lowest BCUT2D eigenvalue weighted by Crippen LogP contribution is -2.44. The number of methoxy groups -OCH3 is 1. The van der Waals surface area contributed by atoms with E-state index in [0.29, 0.717) is 26.1 Å². The number of hydrogen-bond acceptors (Lipinski definition) is 6. The molecule has 8 heteroatoms. The predicted octanol–water partition coefficient (Wildman–Crippen LogP) is 4.99. The fourth-order valence-electron chi connectivity index (χ4n) is 3.19. The Morgan fingerprint density at radius 2 is 1.74 bits per heavy atom. The lowest BCUT2D eigenvalue weighted by Gasteiger charge is -2.38. The zero-order valence-electron chi connectivity index (χ0n) is 23.3. The van der Waals surface area contributed by atoms with Crippen LogP contribution in [0.4, 0.5) is 0 Å². The first-order valence-corrected chi connectivity index (χ1v) is 18.9. The van der Waals surface area contributed by atoms with Crippen molar-refractivity contribution in [1.82, 2.24) is 0 Å². The molecule has 0 bridgehead atoms. The Labute approximate surface area is 210 Å². The third kappa shape index (κ3) is 11.0. The summed E-state index contributed by atoms with van der Waals surface area (Å²) >= 11 is 0. The summed E-state index contributed by atoms with van der Waals surface area (Å²) in [5.74, 6) is 3.49. The Hall–Kier alpha value is -0.506. The number of hydrogen-bond donors (Lipinski definition) is 1. The van der Waals surface area contributed by atoms with Crippen molar-refractivity contribution in [3.8, 4) is 11.5 Å². The van der Waals surface area contributed by atoms with E-state index in [1.165, 1.54) is 0 Å². The molecule has 0 aliphatic carbocycles. The Kier molecular flexibility index (Phi) is 12.7. The topological polar surface area (TPSA) is 69.7 Å².